The Morgan fingerprint density at radius 1 is 1.59 bits per heavy atom. The van der Waals surface area contributed by atoms with E-state index in [9.17, 15) is 4.79 Å². The van der Waals surface area contributed by atoms with Crippen LogP contribution in [0.2, 0.25) is 0 Å². The predicted octanol–water partition coefficient (Wildman–Crippen LogP) is 0.350. The number of aromatic amines is 1. The number of imidazole rings is 1. The third-order valence-electron chi connectivity index (χ3n) is 2.18. The number of nitrogens with zero attached hydrogens (tertiary/aromatic N) is 2. The summed E-state index contributed by atoms with van der Waals surface area (Å²) in [5, 5.41) is 5.10. The van der Waals surface area contributed by atoms with Crippen molar-refractivity contribution in [2.75, 3.05) is 12.3 Å². The van der Waals surface area contributed by atoms with Crippen molar-refractivity contribution in [2.45, 2.75) is 12.8 Å². The Morgan fingerprint density at radius 3 is 3.12 bits per heavy atom. The van der Waals surface area contributed by atoms with E-state index < -0.39 is 0 Å². The third kappa shape index (κ3) is 3.56. The Morgan fingerprint density at radius 2 is 2.47 bits per heavy atom. The van der Waals surface area contributed by atoms with Crippen molar-refractivity contribution in [3.8, 4) is 0 Å². The van der Waals surface area contributed by atoms with Crippen LogP contribution in [0.15, 0.2) is 17.9 Å². The maximum absolute atomic E-state index is 11.5. The summed E-state index contributed by atoms with van der Waals surface area (Å²) in [5.74, 6) is -0.0465. The number of carbonyl (C=O) groups is 1. The van der Waals surface area contributed by atoms with Gasteiger partial charge in [-0.15, -0.1) is 11.3 Å². The number of thiazole rings is 1. The normalized spacial score (nSPS) is 10.4. The minimum Gasteiger partial charge on any atom is -0.375 e. The number of aromatic nitrogens is 3. The number of rotatable bonds is 5. The van der Waals surface area contributed by atoms with E-state index >= 15 is 0 Å². The summed E-state index contributed by atoms with van der Waals surface area (Å²) in [6.45, 7) is 0.584. The minimum atomic E-state index is -0.0465. The van der Waals surface area contributed by atoms with Crippen molar-refractivity contribution in [3.63, 3.8) is 0 Å². The van der Waals surface area contributed by atoms with Crippen LogP contribution in [0.25, 0.3) is 0 Å². The van der Waals surface area contributed by atoms with Crippen LogP contribution in [-0.4, -0.2) is 27.4 Å². The van der Waals surface area contributed by atoms with Crippen molar-refractivity contribution >= 4 is 22.4 Å². The molecule has 0 atom stereocenters. The number of nitrogen functional groups attached to an aromatic ring is 1. The lowest BCUT2D eigenvalue weighted by atomic mass is 10.3. The van der Waals surface area contributed by atoms with Crippen molar-refractivity contribution in [3.05, 3.63) is 29.3 Å². The van der Waals surface area contributed by atoms with E-state index in [4.69, 9.17) is 5.73 Å². The van der Waals surface area contributed by atoms with E-state index in [1.807, 2.05) is 0 Å². The van der Waals surface area contributed by atoms with Gasteiger partial charge in [-0.05, 0) is 0 Å². The highest BCUT2D eigenvalue weighted by Gasteiger charge is 2.06. The van der Waals surface area contributed by atoms with Gasteiger partial charge in [0.15, 0.2) is 5.13 Å². The number of hydrogen-bond acceptors (Lipinski definition) is 5. The monoisotopic (exact) mass is 251 g/mol. The van der Waals surface area contributed by atoms with Crippen molar-refractivity contribution in [1.29, 1.82) is 0 Å². The standard InChI is InChI=1S/C10H13N5OS/c11-10-15-8(5-17-10)3-9(16)13-2-1-7-4-12-6-14-7/h4-6H,1-3H2,(H2,11,15)(H,12,14)(H,13,16). The van der Waals surface area contributed by atoms with Crippen LogP contribution < -0.4 is 11.1 Å². The van der Waals surface area contributed by atoms with E-state index in [-0.39, 0.29) is 12.3 Å². The van der Waals surface area contributed by atoms with Gasteiger partial charge in [-0.3, -0.25) is 4.79 Å². The lowest BCUT2D eigenvalue weighted by Gasteiger charge is -2.02. The van der Waals surface area contributed by atoms with Crippen LogP contribution in [-0.2, 0) is 17.6 Å². The maximum atomic E-state index is 11.5. The molecule has 6 nitrogen and oxygen atoms in total. The largest absolute Gasteiger partial charge is 0.375 e. The second-order valence-electron chi connectivity index (χ2n) is 3.53. The van der Waals surface area contributed by atoms with Gasteiger partial charge < -0.3 is 16.0 Å². The summed E-state index contributed by atoms with van der Waals surface area (Å²) in [5.41, 5.74) is 7.20. The molecular formula is C10H13N5OS. The van der Waals surface area contributed by atoms with Gasteiger partial charge >= 0.3 is 0 Å². The molecule has 0 saturated heterocycles. The van der Waals surface area contributed by atoms with Gasteiger partial charge in [0.05, 0.1) is 18.4 Å². The molecule has 0 unspecified atom stereocenters. The fourth-order valence-electron chi connectivity index (χ4n) is 1.39. The predicted molar refractivity (Wildman–Crippen MR) is 65.5 cm³/mol. The van der Waals surface area contributed by atoms with Crippen LogP contribution in [0.4, 0.5) is 5.13 Å². The Hall–Kier alpha value is -1.89. The van der Waals surface area contributed by atoms with Gasteiger partial charge in [0.1, 0.15) is 0 Å². The second kappa shape index (κ2) is 5.44. The number of anilines is 1. The highest BCUT2D eigenvalue weighted by Crippen LogP contribution is 2.11. The average Bonchev–Trinajstić information content (AvgIpc) is 2.90. The lowest BCUT2D eigenvalue weighted by Crippen LogP contribution is -2.27. The van der Waals surface area contributed by atoms with Crippen molar-refractivity contribution in [2.24, 2.45) is 0 Å². The van der Waals surface area contributed by atoms with Gasteiger partial charge in [0.25, 0.3) is 0 Å². The Kier molecular flexibility index (Phi) is 3.71. The van der Waals surface area contributed by atoms with Crippen LogP contribution in [0.5, 0.6) is 0 Å². The van der Waals surface area contributed by atoms with E-state index in [2.05, 4.69) is 20.3 Å². The third-order valence-corrected chi connectivity index (χ3v) is 2.91. The van der Waals surface area contributed by atoms with E-state index in [0.29, 0.717) is 17.4 Å². The van der Waals surface area contributed by atoms with Crippen LogP contribution in [0.3, 0.4) is 0 Å². The number of hydrogen-bond donors (Lipinski definition) is 3. The van der Waals surface area contributed by atoms with Crippen LogP contribution in [0.1, 0.15) is 11.4 Å². The Bertz CT molecular complexity index is 479. The molecule has 4 N–H and O–H groups in total. The molecule has 0 saturated carbocycles. The summed E-state index contributed by atoms with van der Waals surface area (Å²) >= 11 is 1.34. The zero-order valence-corrected chi connectivity index (χ0v) is 9.96. The first-order valence-corrected chi connectivity index (χ1v) is 6.06. The number of H-pyrrole nitrogens is 1. The lowest BCUT2D eigenvalue weighted by molar-refractivity contribution is -0.120. The van der Waals surface area contributed by atoms with Crippen LogP contribution >= 0.6 is 11.3 Å². The van der Waals surface area contributed by atoms with E-state index in [0.717, 1.165) is 12.1 Å². The van der Waals surface area contributed by atoms with Crippen LogP contribution in [0, 0.1) is 0 Å². The van der Waals surface area contributed by atoms with Crippen molar-refractivity contribution < 1.29 is 4.79 Å². The molecule has 0 fully saturated rings. The van der Waals surface area contributed by atoms with Gasteiger partial charge in [-0.25, -0.2) is 9.97 Å². The molecule has 0 spiro atoms. The van der Waals surface area contributed by atoms with Crippen molar-refractivity contribution in [1.82, 2.24) is 20.3 Å². The Balaban J connectivity index is 1.71. The SMILES string of the molecule is Nc1nc(CC(=O)NCCc2cnc[nH]2)cs1. The molecular weight excluding hydrogens is 238 g/mol. The highest BCUT2D eigenvalue weighted by molar-refractivity contribution is 7.13. The van der Waals surface area contributed by atoms with Gasteiger partial charge in [-0.1, -0.05) is 0 Å². The van der Waals surface area contributed by atoms with E-state index in [1.54, 1.807) is 17.9 Å². The first-order valence-electron chi connectivity index (χ1n) is 5.18. The zero-order valence-electron chi connectivity index (χ0n) is 9.14. The fourth-order valence-corrected chi connectivity index (χ4v) is 1.95. The molecule has 0 aliphatic rings. The second-order valence-corrected chi connectivity index (χ2v) is 4.42. The summed E-state index contributed by atoms with van der Waals surface area (Å²) < 4.78 is 0. The smallest absolute Gasteiger partial charge is 0.226 e. The van der Waals surface area contributed by atoms with Gasteiger partial charge in [-0.2, -0.15) is 0 Å². The highest BCUT2D eigenvalue weighted by atomic mass is 32.1. The molecule has 0 radical (unpaired) electrons. The fraction of sp³-hybridized carbons (Fsp3) is 0.300. The summed E-state index contributed by atoms with van der Waals surface area (Å²) in [4.78, 5) is 22.4. The summed E-state index contributed by atoms with van der Waals surface area (Å²) in [7, 11) is 0. The first kappa shape index (κ1) is 11.6. The average molecular weight is 251 g/mol. The number of amides is 1. The molecule has 1 amide bonds. The topological polar surface area (TPSA) is 96.7 Å². The van der Waals surface area contributed by atoms with Gasteiger partial charge in [0, 0.05) is 30.2 Å². The summed E-state index contributed by atoms with van der Waals surface area (Å²) in [6.07, 6.45) is 4.38. The number of nitrogens with one attached hydrogen (secondary N) is 2. The molecule has 2 heterocycles. The Labute approximate surface area is 102 Å². The molecule has 0 aliphatic heterocycles. The zero-order chi connectivity index (χ0) is 12.1. The quantitative estimate of drug-likeness (QED) is 0.714. The maximum Gasteiger partial charge on any atom is 0.226 e. The molecule has 0 aromatic carbocycles. The van der Waals surface area contributed by atoms with E-state index in [1.165, 1.54) is 11.3 Å². The molecule has 17 heavy (non-hydrogen) atoms. The molecule has 7 heteroatoms. The molecule has 2 aromatic rings. The first-order chi connectivity index (χ1) is 8.24. The van der Waals surface area contributed by atoms with Gasteiger partial charge in [0.2, 0.25) is 5.91 Å². The number of carbonyl (C=O) groups excluding carboxylic acids is 1. The molecule has 90 valence electrons. The molecule has 2 rings (SSSR count). The molecule has 0 aliphatic carbocycles. The molecule has 0 bridgehead atoms. The summed E-state index contributed by atoms with van der Waals surface area (Å²) in [6, 6.07) is 0. The minimum absolute atomic E-state index is 0.0465. The number of nitrogens with two attached hydrogens (primary N) is 1. The molecule has 2 aromatic heterocycles.